The fourth-order valence-electron chi connectivity index (χ4n) is 1.42. The molecule has 0 spiro atoms. The number of benzene rings is 1. The Morgan fingerprint density at radius 1 is 1.36 bits per heavy atom. The minimum Gasteiger partial charge on any atom is -0.222 e. The van der Waals surface area contributed by atoms with Crippen molar-refractivity contribution >= 4 is 22.5 Å². The van der Waals surface area contributed by atoms with Crippen molar-refractivity contribution in [3.8, 4) is 0 Å². The van der Waals surface area contributed by atoms with Crippen LogP contribution in [0.15, 0.2) is 18.2 Å². The van der Waals surface area contributed by atoms with Crippen molar-refractivity contribution in [1.29, 1.82) is 0 Å². The molecule has 0 fully saturated rings. The van der Waals surface area contributed by atoms with Crippen LogP contribution in [0, 0.1) is 5.82 Å². The fourth-order valence-corrected chi connectivity index (χ4v) is 1.61. The van der Waals surface area contributed by atoms with Crippen molar-refractivity contribution in [2.24, 2.45) is 0 Å². The molecule has 0 aliphatic rings. The molecule has 0 saturated carbocycles. The molecule has 1 aromatic heterocycles. The van der Waals surface area contributed by atoms with E-state index in [-0.39, 0.29) is 11.1 Å². The van der Waals surface area contributed by atoms with Gasteiger partial charge < -0.3 is 0 Å². The van der Waals surface area contributed by atoms with E-state index in [1.807, 2.05) is 6.92 Å². The zero-order valence-corrected chi connectivity index (χ0v) is 8.35. The van der Waals surface area contributed by atoms with Crippen molar-refractivity contribution < 1.29 is 4.39 Å². The predicted molar refractivity (Wildman–Crippen MR) is 53.9 cm³/mol. The maximum Gasteiger partial charge on any atom is 0.223 e. The van der Waals surface area contributed by atoms with Crippen LogP contribution >= 0.6 is 11.6 Å². The topological polar surface area (TPSA) is 25.8 Å². The number of aromatic nitrogens is 2. The van der Waals surface area contributed by atoms with E-state index in [1.165, 1.54) is 6.07 Å². The third-order valence-electron chi connectivity index (χ3n) is 2.06. The molecule has 0 aliphatic carbocycles. The first-order chi connectivity index (χ1) is 6.72. The molecule has 0 aliphatic heterocycles. The van der Waals surface area contributed by atoms with Gasteiger partial charge in [-0.05, 0) is 24.1 Å². The average Bonchev–Trinajstić information content (AvgIpc) is 2.18. The minimum absolute atomic E-state index is 0.0967. The Morgan fingerprint density at radius 3 is 2.86 bits per heavy atom. The van der Waals surface area contributed by atoms with Crippen molar-refractivity contribution in [2.75, 3.05) is 0 Å². The molecule has 2 nitrogen and oxygen atoms in total. The standard InChI is InChI=1S/C10H8ClFN2/c1-2-8-6-4-3-5-7(12)9(6)14-10(11)13-8/h3-5H,2H2,1H3. The van der Waals surface area contributed by atoms with Crippen LogP contribution in [0.25, 0.3) is 10.9 Å². The highest BCUT2D eigenvalue weighted by Crippen LogP contribution is 2.20. The molecule has 0 radical (unpaired) electrons. The average molecular weight is 211 g/mol. The van der Waals surface area contributed by atoms with Gasteiger partial charge in [-0.1, -0.05) is 19.1 Å². The van der Waals surface area contributed by atoms with Crippen molar-refractivity contribution in [3.63, 3.8) is 0 Å². The SMILES string of the molecule is CCc1nc(Cl)nc2c(F)cccc12. The van der Waals surface area contributed by atoms with Crippen molar-refractivity contribution in [3.05, 3.63) is 35.0 Å². The zero-order chi connectivity index (χ0) is 10.1. The summed E-state index contributed by atoms with van der Waals surface area (Å²) < 4.78 is 13.3. The quantitative estimate of drug-likeness (QED) is 0.677. The molecule has 2 aromatic rings. The Balaban J connectivity index is 2.87. The first kappa shape index (κ1) is 9.34. The van der Waals surface area contributed by atoms with Gasteiger partial charge in [-0.25, -0.2) is 14.4 Å². The highest BCUT2D eigenvalue weighted by atomic mass is 35.5. The molecule has 1 aromatic carbocycles. The summed E-state index contributed by atoms with van der Waals surface area (Å²) in [5, 5.41) is 0.830. The molecule has 14 heavy (non-hydrogen) atoms. The van der Waals surface area contributed by atoms with Crippen LogP contribution < -0.4 is 0 Å². The van der Waals surface area contributed by atoms with Crippen LogP contribution in [0.3, 0.4) is 0 Å². The molecule has 0 unspecified atom stereocenters. The van der Waals surface area contributed by atoms with Gasteiger partial charge in [0, 0.05) is 5.39 Å². The number of rotatable bonds is 1. The lowest BCUT2D eigenvalue weighted by atomic mass is 10.1. The van der Waals surface area contributed by atoms with E-state index >= 15 is 0 Å². The lowest BCUT2D eigenvalue weighted by Crippen LogP contribution is -1.95. The Hall–Kier alpha value is -1.22. The minimum atomic E-state index is -0.360. The van der Waals surface area contributed by atoms with E-state index in [0.717, 1.165) is 11.1 Å². The molecule has 0 amide bonds. The van der Waals surface area contributed by atoms with Crippen LogP contribution in [0.5, 0.6) is 0 Å². The van der Waals surface area contributed by atoms with Crippen LogP contribution in [-0.2, 0) is 6.42 Å². The summed E-state index contributed by atoms with van der Waals surface area (Å²) in [6.07, 6.45) is 0.711. The molecule has 0 saturated heterocycles. The third kappa shape index (κ3) is 1.44. The summed E-state index contributed by atoms with van der Waals surface area (Å²) in [7, 11) is 0. The Kier molecular flexibility index (Phi) is 2.33. The number of hydrogen-bond donors (Lipinski definition) is 0. The van der Waals surface area contributed by atoms with Gasteiger partial charge in [0.15, 0.2) is 0 Å². The van der Waals surface area contributed by atoms with Crippen LogP contribution in [0.4, 0.5) is 4.39 Å². The van der Waals surface area contributed by atoms with E-state index in [1.54, 1.807) is 12.1 Å². The molecule has 4 heteroatoms. The Morgan fingerprint density at radius 2 is 2.14 bits per heavy atom. The molecule has 0 atom stereocenters. The normalized spacial score (nSPS) is 10.8. The predicted octanol–water partition coefficient (Wildman–Crippen LogP) is 2.98. The molecule has 0 bridgehead atoms. The maximum absolute atomic E-state index is 13.3. The van der Waals surface area contributed by atoms with Gasteiger partial charge in [0.05, 0.1) is 5.69 Å². The van der Waals surface area contributed by atoms with Gasteiger partial charge in [-0.2, -0.15) is 0 Å². The second-order valence-corrected chi connectivity index (χ2v) is 3.27. The fraction of sp³-hybridized carbons (Fsp3) is 0.200. The number of nitrogens with zero attached hydrogens (tertiary/aromatic N) is 2. The van der Waals surface area contributed by atoms with Crippen molar-refractivity contribution in [2.45, 2.75) is 13.3 Å². The van der Waals surface area contributed by atoms with E-state index in [2.05, 4.69) is 9.97 Å². The van der Waals surface area contributed by atoms with E-state index in [0.29, 0.717) is 11.9 Å². The van der Waals surface area contributed by atoms with E-state index in [4.69, 9.17) is 11.6 Å². The highest BCUT2D eigenvalue weighted by molar-refractivity contribution is 6.28. The smallest absolute Gasteiger partial charge is 0.222 e. The number of hydrogen-bond acceptors (Lipinski definition) is 2. The molecular formula is C10H8ClFN2. The van der Waals surface area contributed by atoms with Crippen LogP contribution in [0.2, 0.25) is 5.28 Å². The number of aryl methyl sites for hydroxylation is 1. The second kappa shape index (κ2) is 3.50. The number of para-hydroxylation sites is 1. The van der Waals surface area contributed by atoms with Gasteiger partial charge in [0.1, 0.15) is 11.3 Å². The van der Waals surface area contributed by atoms with Gasteiger partial charge in [-0.3, -0.25) is 0 Å². The van der Waals surface area contributed by atoms with Gasteiger partial charge in [0.2, 0.25) is 5.28 Å². The summed E-state index contributed by atoms with van der Waals surface area (Å²) >= 11 is 5.69. The van der Waals surface area contributed by atoms with Crippen LogP contribution in [-0.4, -0.2) is 9.97 Å². The summed E-state index contributed by atoms with van der Waals surface area (Å²) in [6, 6.07) is 4.81. The molecule has 1 heterocycles. The first-order valence-corrected chi connectivity index (χ1v) is 4.71. The Bertz CT molecular complexity index is 485. The third-order valence-corrected chi connectivity index (χ3v) is 2.23. The maximum atomic E-state index is 13.3. The summed E-state index contributed by atoms with van der Waals surface area (Å²) in [6.45, 7) is 1.95. The van der Waals surface area contributed by atoms with E-state index in [9.17, 15) is 4.39 Å². The molecule has 2 rings (SSSR count). The highest BCUT2D eigenvalue weighted by Gasteiger charge is 2.07. The lowest BCUT2D eigenvalue weighted by molar-refractivity contribution is 0.636. The monoisotopic (exact) mass is 210 g/mol. The molecule has 72 valence electrons. The summed E-state index contributed by atoms with van der Waals surface area (Å²) in [5.41, 5.74) is 1.07. The lowest BCUT2D eigenvalue weighted by Gasteiger charge is -2.03. The second-order valence-electron chi connectivity index (χ2n) is 2.93. The number of halogens is 2. The van der Waals surface area contributed by atoms with Crippen LogP contribution in [0.1, 0.15) is 12.6 Å². The van der Waals surface area contributed by atoms with Crippen molar-refractivity contribution in [1.82, 2.24) is 9.97 Å². The molecule has 0 N–H and O–H groups in total. The summed E-state index contributed by atoms with van der Waals surface area (Å²) in [4.78, 5) is 7.91. The van der Waals surface area contributed by atoms with Gasteiger partial charge in [-0.15, -0.1) is 0 Å². The zero-order valence-electron chi connectivity index (χ0n) is 7.59. The van der Waals surface area contributed by atoms with E-state index < -0.39 is 0 Å². The largest absolute Gasteiger partial charge is 0.223 e. The van der Waals surface area contributed by atoms with Gasteiger partial charge in [0.25, 0.3) is 0 Å². The summed E-state index contributed by atoms with van der Waals surface area (Å²) in [5.74, 6) is -0.360. The first-order valence-electron chi connectivity index (χ1n) is 4.33. The molecular weight excluding hydrogens is 203 g/mol. The van der Waals surface area contributed by atoms with Gasteiger partial charge >= 0.3 is 0 Å². The Labute approximate surface area is 85.8 Å². The number of fused-ring (bicyclic) bond motifs is 1.